The van der Waals surface area contributed by atoms with Gasteiger partial charge in [0, 0.05) is 11.1 Å². The lowest BCUT2D eigenvalue weighted by atomic mass is 10.3. The Balaban J connectivity index is 2.00. The van der Waals surface area contributed by atoms with E-state index in [0.29, 0.717) is 10.6 Å². The van der Waals surface area contributed by atoms with E-state index in [0.717, 1.165) is 9.88 Å². The van der Waals surface area contributed by atoms with Crippen LogP contribution in [0.25, 0.3) is 0 Å². The van der Waals surface area contributed by atoms with Crippen LogP contribution in [0.1, 0.15) is 22.9 Å². The molecular weight excluding hydrogens is 257 g/mol. The summed E-state index contributed by atoms with van der Waals surface area (Å²) in [6, 6.07) is 6.69. The van der Waals surface area contributed by atoms with Crippen molar-refractivity contribution in [3.05, 3.63) is 46.2 Å². The van der Waals surface area contributed by atoms with Gasteiger partial charge >= 0.3 is 0 Å². The summed E-state index contributed by atoms with van der Waals surface area (Å²) >= 11 is 2.88. The van der Waals surface area contributed by atoms with Crippen LogP contribution < -0.4 is 0 Å². The first-order chi connectivity index (χ1) is 8.16. The highest BCUT2D eigenvalue weighted by Crippen LogP contribution is 2.28. The highest BCUT2D eigenvalue weighted by atomic mass is 32.2. The maximum atomic E-state index is 13.3. The van der Waals surface area contributed by atoms with Gasteiger partial charge in [-0.05, 0) is 19.1 Å². The standard InChI is InChI=1S/C12H12FNOS2/c1-8(15)11-6-14-12(17-11)7-16-10-5-3-2-4-9(10)13/h2-6,8,15H,7H2,1H3. The molecule has 0 amide bonds. The second-order valence-electron chi connectivity index (χ2n) is 3.55. The van der Waals surface area contributed by atoms with Crippen LogP contribution >= 0.6 is 23.1 Å². The molecule has 17 heavy (non-hydrogen) atoms. The normalized spacial score (nSPS) is 12.6. The van der Waals surface area contributed by atoms with Crippen molar-refractivity contribution in [3.63, 3.8) is 0 Å². The Bertz CT molecular complexity index is 499. The van der Waals surface area contributed by atoms with Crippen molar-refractivity contribution in [2.24, 2.45) is 0 Å². The number of hydrogen-bond donors (Lipinski definition) is 1. The Morgan fingerprint density at radius 1 is 1.47 bits per heavy atom. The van der Waals surface area contributed by atoms with Crippen molar-refractivity contribution in [3.8, 4) is 0 Å². The van der Waals surface area contributed by atoms with Gasteiger partial charge in [-0.25, -0.2) is 9.37 Å². The predicted molar refractivity (Wildman–Crippen MR) is 68.7 cm³/mol. The van der Waals surface area contributed by atoms with E-state index in [4.69, 9.17) is 0 Å². The van der Waals surface area contributed by atoms with E-state index in [1.54, 1.807) is 25.3 Å². The van der Waals surface area contributed by atoms with E-state index >= 15 is 0 Å². The molecule has 0 aliphatic carbocycles. The van der Waals surface area contributed by atoms with Crippen molar-refractivity contribution >= 4 is 23.1 Å². The number of thiazole rings is 1. The number of aromatic nitrogens is 1. The van der Waals surface area contributed by atoms with Crippen molar-refractivity contribution in [1.29, 1.82) is 0 Å². The van der Waals surface area contributed by atoms with E-state index in [1.807, 2.05) is 6.07 Å². The van der Waals surface area contributed by atoms with Gasteiger partial charge in [-0.3, -0.25) is 0 Å². The highest BCUT2D eigenvalue weighted by Gasteiger charge is 2.08. The molecule has 2 nitrogen and oxygen atoms in total. The molecule has 90 valence electrons. The van der Waals surface area contributed by atoms with Gasteiger partial charge in [0.25, 0.3) is 0 Å². The summed E-state index contributed by atoms with van der Waals surface area (Å²) in [5, 5.41) is 10.3. The van der Waals surface area contributed by atoms with Gasteiger partial charge < -0.3 is 5.11 Å². The van der Waals surface area contributed by atoms with E-state index in [-0.39, 0.29) is 5.82 Å². The average Bonchev–Trinajstić information content (AvgIpc) is 2.77. The first-order valence-corrected chi connectivity index (χ1v) is 6.97. The van der Waals surface area contributed by atoms with E-state index in [1.165, 1.54) is 29.2 Å². The first kappa shape index (κ1) is 12.5. The molecular formula is C12H12FNOS2. The van der Waals surface area contributed by atoms with Gasteiger partial charge in [0.15, 0.2) is 0 Å². The third-order valence-corrected chi connectivity index (χ3v) is 4.58. The molecule has 0 aliphatic rings. The zero-order valence-electron chi connectivity index (χ0n) is 9.26. The van der Waals surface area contributed by atoms with E-state index in [9.17, 15) is 9.50 Å². The highest BCUT2D eigenvalue weighted by molar-refractivity contribution is 7.98. The fourth-order valence-electron chi connectivity index (χ4n) is 1.29. The van der Waals surface area contributed by atoms with Crippen LogP contribution in [0.2, 0.25) is 0 Å². The topological polar surface area (TPSA) is 33.1 Å². The summed E-state index contributed by atoms with van der Waals surface area (Å²) in [4.78, 5) is 5.67. The van der Waals surface area contributed by atoms with Crippen molar-refractivity contribution in [2.45, 2.75) is 23.7 Å². The maximum absolute atomic E-state index is 13.3. The Kier molecular flexibility index (Phi) is 4.15. The minimum atomic E-state index is -0.486. The zero-order chi connectivity index (χ0) is 12.3. The van der Waals surface area contributed by atoms with Gasteiger partial charge in [0.1, 0.15) is 10.8 Å². The molecule has 1 heterocycles. The van der Waals surface area contributed by atoms with Crippen LogP contribution in [0.15, 0.2) is 35.4 Å². The lowest BCUT2D eigenvalue weighted by Crippen LogP contribution is -1.83. The largest absolute Gasteiger partial charge is 0.388 e. The Labute approximate surface area is 108 Å². The molecule has 0 saturated heterocycles. The molecule has 0 saturated carbocycles. The summed E-state index contributed by atoms with van der Waals surface area (Å²) in [5.41, 5.74) is 0. The third kappa shape index (κ3) is 3.28. The molecule has 1 aromatic heterocycles. The van der Waals surface area contributed by atoms with E-state index in [2.05, 4.69) is 4.98 Å². The predicted octanol–water partition coefficient (Wildman–Crippen LogP) is 3.63. The Hall–Kier alpha value is -0.910. The lowest BCUT2D eigenvalue weighted by molar-refractivity contribution is 0.203. The van der Waals surface area contributed by atoms with Crippen molar-refractivity contribution in [2.75, 3.05) is 0 Å². The van der Waals surface area contributed by atoms with Gasteiger partial charge in [-0.2, -0.15) is 0 Å². The number of halogens is 1. The molecule has 1 unspecified atom stereocenters. The molecule has 1 N–H and O–H groups in total. The van der Waals surface area contributed by atoms with E-state index < -0.39 is 6.10 Å². The molecule has 0 radical (unpaired) electrons. The fraction of sp³-hybridized carbons (Fsp3) is 0.250. The third-order valence-electron chi connectivity index (χ3n) is 2.17. The Morgan fingerprint density at radius 2 is 2.24 bits per heavy atom. The number of nitrogens with zero attached hydrogens (tertiary/aromatic N) is 1. The summed E-state index contributed by atoms with van der Waals surface area (Å²) in [6.45, 7) is 1.71. The second-order valence-corrected chi connectivity index (χ2v) is 5.72. The zero-order valence-corrected chi connectivity index (χ0v) is 10.9. The number of hydrogen-bond acceptors (Lipinski definition) is 4. The first-order valence-electron chi connectivity index (χ1n) is 5.17. The summed E-state index contributed by atoms with van der Waals surface area (Å²) < 4.78 is 13.3. The smallest absolute Gasteiger partial charge is 0.136 e. The molecule has 0 aliphatic heterocycles. The minimum absolute atomic E-state index is 0.204. The van der Waals surface area contributed by atoms with Crippen LogP contribution in [0.4, 0.5) is 4.39 Å². The van der Waals surface area contributed by atoms with Crippen LogP contribution in [0, 0.1) is 5.82 Å². The van der Waals surface area contributed by atoms with Crippen LogP contribution in [-0.2, 0) is 5.75 Å². The van der Waals surface area contributed by atoms with Crippen molar-refractivity contribution < 1.29 is 9.50 Å². The van der Waals surface area contributed by atoms with Gasteiger partial charge in [-0.15, -0.1) is 23.1 Å². The average molecular weight is 269 g/mol. The summed E-state index contributed by atoms with van der Waals surface area (Å²) in [7, 11) is 0. The lowest BCUT2D eigenvalue weighted by Gasteiger charge is -2.00. The molecule has 0 spiro atoms. The van der Waals surface area contributed by atoms with Crippen LogP contribution in [0.3, 0.4) is 0 Å². The molecule has 0 bridgehead atoms. The molecule has 5 heteroatoms. The van der Waals surface area contributed by atoms with Gasteiger partial charge in [0.2, 0.25) is 0 Å². The molecule has 2 rings (SSSR count). The van der Waals surface area contributed by atoms with Gasteiger partial charge in [0.05, 0.1) is 16.7 Å². The van der Waals surface area contributed by atoms with Crippen molar-refractivity contribution in [1.82, 2.24) is 4.98 Å². The van der Waals surface area contributed by atoms with Crippen LogP contribution in [0.5, 0.6) is 0 Å². The number of benzene rings is 1. The Morgan fingerprint density at radius 3 is 2.88 bits per heavy atom. The molecule has 2 aromatic rings. The van der Waals surface area contributed by atoms with Gasteiger partial charge in [-0.1, -0.05) is 12.1 Å². The number of thioether (sulfide) groups is 1. The minimum Gasteiger partial charge on any atom is -0.388 e. The number of aliphatic hydroxyl groups is 1. The summed E-state index contributed by atoms with van der Waals surface area (Å²) in [6.07, 6.45) is 1.19. The molecule has 0 fully saturated rings. The molecule has 1 atom stereocenters. The quantitative estimate of drug-likeness (QED) is 0.860. The maximum Gasteiger partial charge on any atom is 0.136 e. The monoisotopic (exact) mass is 269 g/mol. The summed E-state index contributed by atoms with van der Waals surface area (Å²) in [5.74, 6) is 0.419. The SMILES string of the molecule is CC(O)c1cnc(CSc2ccccc2F)s1. The number of rotatable bonds is 4. The number of aliphatic hydroxyl groups excluding tert-OH is 1. The molecule has 1 aromatic carbocycles. The van der Waals surface area contributed by atoms with Crippen LogP contribution in [-0.4, -0.2) is 10.1 Å². The fourth-order valence-corrected chi connectivity index (χ4v) is 3.09. The second kappa shape index (κ2) is 5.62.